The summed E-state index contributed by atoms with van der Waals surface area (Å²) >= 11 is 0. The number of allylic oxidation sites excluding steroid dienone is 1. The fraction of sp³-hybridized carbons (Fsp3) is 0.118. The lowest BCUT2D eigenvalue weighted by atomic mass is 9.83. The number of anilines is 1. The highest BCUT2D eigenvalue weighted by Gasteiger charge is 2.31. The summed E-state index contributed by atoms with van der Waals surface area (Å²) in [6.45, 7) is 0. The standard InChI is InChI=1S/C17H15N3O3/c1-22-15-6-9(2-5-13(15)21)16-11-4-3-10(19)7-14(11)23-17(20)12(16)8-18/h2-7,16,21H,19-20H2,1H3. The first kappa shape index (κ1) is 14.6. The minimum atomic E-state index is -0.418. The first-order valence-corrected chi connectivity index (χ1v) is 6.89. The normalized spacial score (nSPS) is 16.3. The zero-order chi connectivity index (χ0) is 16.6. The Hall–Kier alpha value is -3.33. The Labute approximate surface area is 133 Å². The Morgan fingerprint density at radius 2 is 2.00 bits per heavy atom. The minimum absolute atomic E-state index is 0.0244. The third kappa shape index (κ3) is 2.38. The molecule has 0 radical (unpaired) electrons. The van der Waals surface area contributed by atoms with E-state index >= 15 is 0 Å². The molecule has 1 unspecified atom stereocenters. The zero-order valence-corrected chi connectivity index (χ0v) is 12.4. The topological polar surface area (TPSA) is 115 Å². The van der Waals surface area contributed by atoms with E-state index in [4.69, 9.17) is 20.9 Å². The number of nitrogens with zero attached hydrogens (tertiary/aromatic N) is 1. The summed E-state index contributed by atoms with van der Waals surface area (Å²) in [7, 11) is 1.47. The molecular weight excluding hydrogens is 294 g/mol. The number of phenolic OH excluding ortho intramolecular Hbond substituents is 1. The Balaban J connectivity index is 2.22. The van der Waals surface area contributed by atoms with Crippen LogP contribution < -0.4 is 20.9 Å². The molecule has 1 aliphatic heterocycles. The molecule has 1 heterocycles. The highest BCUT2D eigenvalue weighted by atomic mass is 16.5. The van der Waals surface area contributed by atoms with Crippen molar-refractivity contribution in [3.05, 3.63) is 59.0 Å². The van der Waals surface area contributed by atoms with Gasteiger partial charge in [0.2, 0.25) is 5.88 Å². The molecule has 5 N–H and O–H groups in total. The second-order valence-corrected chi connectivity index (χ2v) is 5.15. The Morgan fingerprint density at radius 1 is 1.22 bits per heavy atom. The number of aromatic hydroxyl groups is 1. The lowest BCUT2D eigenvalue weighted by molar-refractivity contribution is 0.372. The van der Waals surface area contributed by atoms with E-state index in [1.807, 2.05) is 0 Å². The van der Waals surface area contributed by atoms with E-state index in [9.17, 15) is 10.4 Å². The molecule has 0 spiro atoms. The zero-order valence-electron chi connectivity index (χ0n) is 12.4. The number of benzene rings is 2. The molecule has 0 aromatic heterocycles. The summed E-state index contributed by atoms with van der Waals surface area (Å²) in [5.74, 6) is 0.484. The van der Waals surface area contributed by atoms with Crippen molar-refractivity contribution in [2.24, 2.45) is 5.73 Å². The van der Waals surface area contributed by atoms with E-state index in [0.717, 1.165) is 11.1 Å². The molecule has 116 valence electrons. The van der Waals surface area contributed by atoms with Crippen molar-refractivity contribution < 1.29 is 14.6 Å². The van der Waals surface area contributed by atoms with Gasteiger partial charge in [0.25, 0.3) is 0 Å². The highest BCUT2D eigenvalue weighted by molar-refractivity contribution is 5.60. The van der Waals surface area contributed by atoms with Gasteiger partial charge in [0.15, 0.2) is 11.5 Å². The lowest BCUT2D eigenvalue weighted by Crippen LogP contribution is -2.21. The first-order chi connectivity index (χ1) is 11.0. The molecule has 0 saturated heterocycles. The Morgan fingerprint density at radius 3 is 2.70 bits per heavy atom. The summed E-state index contributed by atoms with van der Waals surface area (Å²) in [4.78, 5) is 0. The molecule has 1 aliphatic rings. The van der Waals surface area contributed by atoms with Gasteiger partial charge >= 0.3 is 0 Å². The van der Waals surface area contributed by atoms with E-state index in [1.54, 1.807) is 30.3 Å². The van der Waals surface area contributed by atoms with Gasteiger partial charge in [-0.15, -0.1) is 0 Å². The van der Waals surface area contributed by atoms with Gasteiger partial charge in [-0.1, -0.05) is 12.1 Å². The van der Waals surface area contributed by atoms with Gasteiger partial charge in [-0.3, -0.25) is 0 Å². The molecule has 6 heteroatoms. The molecule has 1 atom stereocenters. The average molecular weight is 309 g/mol. The molecule has 0 aliphatic carbocycles. The first-order valence-electron chi connectivity index (χ1n) is 6.89. The molecule has 23 heavy (non-hydrogen) atoms. The van der Waals surface area contributed by atoms with E-state index in [-0.39, 0.29) is 11.6 Å². The second-order valence-electron chi connectivity index (χ2n) is 5.15. The molecule has 2 aromatic carbocycles. The molecular formula is C17H15N3O3. The second kappa shape index (κ2) is 5.46. The van der Waals surface area contributed by atoms with Crippen molar-refractivity contribution >= 4 is 5.69 Å². The largest absolute Gasteiger partial charge is 0.504 e. The molecule has 2 aromatic rings. The fourth-order valence-electron chi connectivity index (χ4n) is 2.69. The molecule has 0 amide bonds. The number of rotatable bonds is 2. The van der Waals surface area contributed by atoms with Crippen LogP contribution >= 0.6 is 0 Å². The number of hydrogen-bond donors (Lipinski definition) is 3. The van der Waals surface area contributed by atoms with Gasteiger partial charge < -0.3 is 26.0 Å². The minimum Gasteiger partial charge on any atom is -0.504 e. The van der Waals surface area contributed by atoms with E-state index in [1.165, 1.54) is 13.2 Å². The average Bonchev–Trinajstić information content (AvgIpc) is 2.54. The third-order valence-corrected chi connectivity index (χ3v) is 3.78. The number of phenols is 1. The van der Waals surface area contributed by atoms with Crippen LogP contribution in [0.25, 0.3) is 0 Å². The van der Waals surface area contributed by atoms with Crippen LogP contribution in [-0.2, 0) is 0 Å². The van der Waals surface area contributed by atoms with Crippen molar-refractivity contribution in [1.29, 1.82) is 5.26 Å². The lowest BCUT2D eigenvalue weighted by Gasteiger charge is -2.26. The van der Waals surface area contributed by atoms with Crippen molar-refractivity contribution in [3.8, 4) is 23.3 Å². The molecule has 0 fully saturated rings. The monoisotopic (exact) mass is 309 g/mol. The summed E-state index contributed by atoms with van der Waals surface area (Å²) in [5, 5.41) is 19.3. The molecule has 6 nitrogen and oxygen atoms in total. The number of hydrogen-bond acceptors (Lipinski definition) is 6. The van der Waals surface area contributed by atoms with Crippen molar-refractivity contribution in [3.63, 3.8) is 0 Å². The van der Waals surface area contributed by atoms with Crippen LogP contribution in [0, 0.1) is 11.3 Å². The van der Waals surface area contributed by atoms with Crippen LogP contribution in [0.5, 0.6) is 17.2 Å². The van der Waals surface area contributed by atoms with E-state index in [2.05, 4.69) is 6.07 Å². The fourth-order valence-corrected chi connectivity index (χ4v) is 2.69. The van der Waals surface area contributed by atoms with Crippen LogP contribution in [-0.4, -0.2) is 12.2 Å². The summed E-state index contributed by atoms with van der Waals surface area (Å²) in [6.07, 6.45) is 0. The van der Waals surface area contributed by atoms with Crippen LogP contribution in [0.15, 0.2) is 47.9 Å². The van der Waals surface area contributed by atoms with Crippen LogP contribution in [0.4, 0.5) is 5.69 Å². The van der Waals surface area contributed by atoms with Gasteiger partial charge in [0.05, 0.1) is 13.0 Å². The smallest absolute Gasteiger partial charge is 0.205 e. The van der Waals surface area contributed by atoms with Crippen LogP contribution in [0.3, 0.4) is 0 Å². The number of nitriles is 1. The van der Waals surface area contributed by atoms with Gasteiger partial charge in [-0.25, -0.2) is 0 Å². The van der Waals surface area contributed by atoms with Crippen LogP contribution in [0.2, 0.25) is 0 Å². The maximum absolute atomic E-state index is 9.77. The van der Waals surface area contributed by atoms with Gasteiger partial charge in [-0.2, -0.15) is 5.26 Å². The van der Waals surface area contributed by atoms with E-state index in [0.29, 0.717) is 22.8 Å². The van der Waals surface area contributed by atoms with Gasteiger partial charge in [0.1, 0.15) is 17.4 Å². The summed E-state index contributed by atoms with van der Waals surface area (Å²) < 4.78 is 10.7. The number of nitrogen functional groups attached to an aromatic ring is 1. The number of fused-ring (bicyclic) bond motifs is 1. The predicted octanol–water partition coefficient (Wildman–Crippen LogP) is 2.20. The maximum atomic E-state index is 9.77. The molecule has 0 saturated carbocycles. The number of nitrogens with two attached hydrogens (primary N) is 2. The van der Waals surface area contributed by atoms with E-state index < -0.39 is 5.92 Å². The van der Waals surface area contributed by atoms with Crippen molar-refractivity contribution in [2.75, 3.05) is 12.8 Å². The highest BCUT2D eigenvalue weighted by Crippen LogP contribution is 2.44. The Bertz CT molecular complexity index is 853. The maximum Gasteiger partial charge on any atom is 0.205 e. The SMILES string of the molecule is COc1cc(C2C(C#N)=C(N)Oc3cc(N)ccc32)ccc1O. The number of ether oxygens (including phenoxy) is 2. The summed E-state index contributed by atoms with van der Waals surface area (Å²) in [6, 6.07) is 12.2. The van der Waals surface area contributed by atoms with Crippen LogP contribution in [0.1, 0.15) is 17.0 Å². The number of methoxy groups -OCH3 is 1. The van der Waals surface area contributed by atoms with Crippen molar-refractivity contribution in [1.82, 2.24) is 0 Å². The summed E-state index contributed by atoms with van der Waals surface area (Å²) in [5.41, 5.74) is 14.1. The van der Waals surface area contributed by atoms with Gasteiger partial charge in [0, 0.05) is 17.3 Å². The van der Waals surface area contributed by atoms with Crippen molar-refractivity contribution in [2.45, 2.75) is 5.92 Å². The molecule has 3 rings (SSSR count). The molecule has 0 bridgehead atoms. The third-order valence-electron chi connectivity index (χ3n) is 3.78. The predicted molar refractivity (Wildman–Crippen MR) is 84.8 cm³/mol. The quantitative estimate of drug-likeness (QED) is 0.733. The Kier molecular flexibility index (Phi) is 3.47. The van der Waals surface area contributed by atoms with Gasteiger partial charge in [-0.05, 0) is 23.8 Å².